The molecule has 8 heteroatoms. The standard InChI is InChI=1S/C27H40O8/c1-16(4-7-24(31)32)19-5-6-20-25-21(12-23(35-15-30)27(19,20)3)26(2)9-8-18(33-13-28)10-17(26)11-22(25)34-14-29/h13-23,25H,4-12H2,1-3H3,(H,31,32)/t16-,17+,18-,19?,20+,21+,22-,23+,25-,26+,27-/m1/s1. The third-order valence-corrected chi connectivity index (χ3v) is 11.0. The molecule has 0 aromatic rings. The Balaban J connectivity index is 1.68. The van der Waals surface area contributed by atoms with Crippen LogP contribution in [0.3, 0.4) is 0 Å². The average Bonchev–Trinajstić information content (AvgIpc) is 3.17. The Hall–Kier alpha value is -2.12. The molecule has 0 amide bonds. The quantitative estimate of drug-likeness (QED) is 0.359. The second-order valence-electron chi connectivity index (χ2n) is 12.0. The molecule has 0 aliphatic heterocycles. The van der Waals surface area contributed by atoms with Gasteiger partial charge in [-0.2, -0.15) is 0 Å². The van der Waals surface area contributed by atoms with E-state index >= 15 is 0 Å². The van der Waals surface area contributed by atoms with Crippen molar-refractivity contribution in [3.63, 3.8) is 0 Å². The molecule has 1 unspecified atom stereocenters. The van der Waals surface area contributed by atoms with Crippen LogP contribution in [0.5, 0.6) is 0 Å². The smallest absolute Gasteiger partial charge is 0.303 e. The minimum Gasteiger partial charge on any atom is -0.481 e. The molecule has 4 saturated carbocycles. The molecule has 1 N–H and O–H groups in total. The summed E-state index contributed by atoms with van der Waals surface area (Å²) in [6, 6.07) is 0. The number of rotatable bonds is 10. The Labute approximate surface area is 207 Å². The van der Waals surface area contributed by atoms with Crippen LogP contribution in [0, 0.1) is 46.3 Å². The Morgan fingerprint density at radius 2 is 1.69 bits per heavy atom. The maximum absolute atomic E-state index is 11.7. The summed E-state index contributed by atoms with van der Waals surface area (Å²) in [6.07, 6.45) is 5.98. The zero-order chi connectivity index (χ0) is 25.4. The van der Waals surface area contributed by atoms with Gasteiger partial charge in [0.25, 0.3) is 19.4 Å². The first-order valence-corrected chi connectivity index (χ1v) is 13.2. The fraction of sp³-hybridized carbons (Fsp3) is 0.852. The molecule has 4 aliphatic rings. The highest BCUT2D eigenvalue weighted by molar-refractivity contribution is 5.66. The summed E-state index contributed by atoms with van der Waals surface area (Å²) in [5.41, 5.74) is -0.319. The number of hydrogen-bond donors (Lipinski definition) is 1. The summed E-state index contributed by atoms with van der Waals surface area (Å²) >= 11 is 0. The molecule has 0 radical (unpaired) electrons. The number of carboxylic acid groups (broad SMARTS) is 1. The van der Waals surface area contributed by atoms with Crippen molar-refractivity contribution in [2.24, 2.45) is 46.3 Å². The summed E-state index contributed by atoms with van der Waals surface area (Å²) in [4.78, 5) is 45.5. The van der Waals surface area contributed by atoms with Crippen molar-refractivity contribution in [2.45, 2.75) is 96.9 Å². The number of carbonyl (C=O) groups is 4. The number of carboxylic acids is 1. The molecular weight excluding hydrogens is 452 g/mol. The molecule has 0 saturated heterocycles. The lowest BCUT2D eigenvalue weighted by molar-refractivity contribution is -0.218. The van der Waals surface area contributed by atoms with E-state index in [9.17, 15) is 24.3 Å². The predicted octanol–water partition coefficient (Wildman–Crippen LogP) is 3.99. The molecule has 0 bridgehead atoms. The van der Waals surface area contributed by atoms with Crippen LogP contribution in [0.2, 0.25) is 0 Å². The van der Waals surface area contributed by atoms with Gasteiger partial charge < -0.3 is 19.3 Å². The highest BCUT2D eigenvalue weighted by Gasteiger charge is 2.67. The summed E-state index contributed by atoms with van der Waals surface area (Å²) < 4.78 is 17.0. The van der Waals surface area contributed by atoms with E-state index in [1.165, 1.54) is 0 Å². The predicted molar refractivity (Wildman–Crippen MR) is 125 cm³/mol. The van der Waals surface area contributed by atoms with Gasteiger partial charge in [0.1, 0.15) is 18.3 Å². The largest absolute Gasteiger partial charge is 0.481 e. The van der Waals surface area contributed by atoms with E-state index in [1.54, 1.807) is 0 Å². The molecule has 0 heterocycles. The molecule has 11 atom stereocenters. The third-order valence-electron chi connectivity index (χ3n) is 11.0. The SMILES string of the molecule is C[C@H](CCC(=O)O)C1CC[C@H]2[C@H]3[C@H](OC=O)C[C@@H]4C[C@H](OC=O)CC[C@]4(C)[C@H]3C[C@H](OC=O)[C@]12C. The normalized spacial score (nSPS) is 45.1. The molecule has 196 valence electrons. The highest BCUT2D eigenvalue weighted by atomic mass is 16.5. The molecule has 0 spiro atoms. The van der Waals surface area contributed by atoms with Crippen LogP contribution < -0.4 is 0 Å². The van der Waals surface area contributed by atoms with E-state index in [1.807, 2.05) is 0 Å². The number of fused-ring (bicyclic) bond motifs is 5. The van der Waals surface area contributed by atoms with Gasteiger partial charge in [0, 0.05) is 17.8 Å². The minimum absolute atomic E-state index is 0.0189. The van der Waals surface area contributed by atoms with Crippen LogP contribution in [0.25, 0.3) is 0 Å². The van der Waals surface area contributed by atoms with Crippen molar-refractivity contribution in [1.29, 1.82) is 0 Å². The van der Waals surface area contributed by atoms with Crippen molar-refractivity contribution in [1.82, 2.24) is 0 Å². The maximum Gasteiger partial charge on any atom is 0.303 e. The third kappa shape index (κ3) is 4.35. The molecule has 8 nitrogen and oxygen atoms in total. The summed E-state index contributed by atoms with van der Waals surface area (Å²) in [5.74, 6) is 0.481. The van der Waals surface area contributed by atoms with E-state index in [0.29, 0.717) is 32.3 Å². The molecule has 0 aromatic heterocycles. The van der Waals surface area contributed by atoms with E-state index in [0.717, 1.165) is 38.5 Å². The number of carbonyl (C=O) groups excluding carboxylic acids is 3. The van der Waals surface area contributed by atoms with Crippen LogP contribution in [-0.4, -0.2) is 48.8 Å². The van der Waals surface area contributed by atoms with Gasteiger partial charge in [-0.3, -0.25) is 19.2 Å². The summed E-state index contributed by atoms with van der Waals surface area (Å²) in [7, 11) is 0. The van der Waals surface area contributed by atoms with Crippen LogP contribution in [0.4, 0.5) is 0 Å². The van der Waals surface area contributed by atoms with Crippen molar-refractivity contribution >= 4 is 25.4 Å². The zero-order valence-corrected chi connectivity index (χ0v) is 21.1. The van der Waals surface area contributed by atoms with Crippen LogP contribution in [-0.2, 0) is 33.4 Å². The number of ether oxygens (including phenoxy) is 3. The highest BCUT2D eigenvalue weighted by Crippen LogP contribution is 2.69. The topological polar surface area (TPSA) is 116 Å². The van der Waals surface area contributed by atoms with Gasteiger partial charge in [-0.25, -0.2) is 0 Å². The lowest BCUT2D eigenvalue weighted by atomic mass is 9.43. The lowest BCUT2D eigenvalue weighted by Crippen LogP contribution is -2.63. The van der Waals surface area contributed by atoms with Gasteiger partial charge in [-0.1, -0.05) is 20.8 Å². The van der Waals surface area contributed by atoms with Crippen molar-refractivity contribution < 1.29 is 38.5 Å². The fourth-order valence-corrected chi connectivity index (χ4v) is 9.30. The number of aliphatic carboxylic acids is 1. The Morgan fingerprint density at radius 1 is 0.971 bits per heavy atom. The van der Waals surface area contributed by atoms with E-state index in [4.69, 9.17) is 14.2 Å². The molecule has 4 rings (SSSR count). The van der Waals surface area contributed by atoms with Gasteiger partial charge in [0.15, 0.2) is 0 Å². The number of hydrogen-bond acceptors (Lipinski definition) is 7. The van der Waals surface area contributed by atoms with Crippen molar-refractivity contribution in [3.8, 4) is 0 Å². The zero-order valence-electron chi connectivity index (χ0n) is 21.1. The molecule has 0 aromatic carbocycles. The molecule has 35 heavy (non-hydrogen) atoms. The average molecular weight is 493 g/mol. The fourth-order valence-electron chi connectivity index (χ4n) is 9.30. The van der Waals surface area contributed by atoms with Gasteiger partial charge in [0.2, 0.25) is 0 Å². The summed E-state index contributed by atoms with van der Waals surface area (Å²) in [6.45, 7) is 8.34. The van der Waals surface area contributed by atoms with Crippen LogP contribution >= 0.6 is 0 Å². The Morgan fingerprint density at radius 3 is 2.34 bits per heavy atom. The molecule has 4 aliphatic carbocycles. The lowest BCUT2D eigenvalue weighted by Gasteiger charge is -2.64. The van der Waals surface area contributed by atoms with Crippen molar-refractivity contribution in [2.75, 3.05) is 0 Å². The first-order valence-electron chi connectivity index (χ1n) is 13.2. The van der Waals surface area contributed by atoms with Crippen LogP contribution in [0.15, 0.2) is 0 Å². The van der Waals surface area contributed by atoms with E-state index in [2.05, 4.69) is 20.8 Å². The van der Waals surface area contributed by atoms with Gasteiger partial charge >= 0.3 is 5.97 Å². The monoisotopic (exact) mass is 492 g/mol. The Bertz CT molecular complexity index is 815. The molecule has 4 fully saturated rings. The van der Waals surface area contributed by atoms with Crippen LogP contribution in [0.1, 0.15) is 78.6 Å². The van der Waals surface area contributed by atoms with E-state index < -0.39 is 5.97 Å². The minimum atomic E-state index is -0.791. The maximum atomic E-state index is 11.7. The van der Waals surface area contributed by atoms with Gasteiger partial charge in [-0.05, 0) is 86.4 Å². The second-order valence-corrected chi connectivity index (χ2v) is 12.0. The van der Waals surface area contributed by atoms with Gasteiger partial charge in [0.05, 0.1) is 0 Å². The Kier molecular flexibility index (Phi) is 7.49. The molecular formula is C27H40O8. The second kappa shape index (κ2) is 10.1. The summed E-state index contributed by atoms with van der Waals surface area (Å²) in [5, 5.41) is 9.23. The first-order chi connectivity index (χ1) is 16.7. The van der Waals surface area contributed by atoms with Crippen molar-refractivity contribution in [3.05, 3.63) is 0 Å². The van der Waals surface area contributed by atoms with E-state index in [-0.39, 0.29) is 71.1 Å². The van der Waals surface area contributed by atoms with Gasteiger partial charge in [-0.15, -0.1) is 0 Å². The first kappa shape index (κ1) is 26.0.